The molecule has 0 radical (unpaired) electrons. The van der Waals surface area contributed by atoms with Crippen LogP contribution >= 0.6 is 0 Å². The lowest BCUT2D eigenvalue weighted by Crippen LogP contribution is -2.48. The van der Waals surface area contributed by atoms with E-state index in [1.54, 1.807) is 20.2 Å². The molecule has 1 saturated heterocycles. The second-order valence-electron chi connectivity index (χ2n) is 6.79. The summed E-state index contributed by atoms with van der Waals surface area (Å²) in [6.07, 6.45) is 6.37. The maximum atomic E-state index is 10.0. The van der Waals surface area contributed by atoms with Gasteiger partial charge in [-0.1, -0.05) is 12.1 Å². The van der Waals surface area contributed by atoms with Crippen molar-refractivity contribution in [3.05, 3.63) is 30.0 Å². The third-order valence-corrected chi connectivity index (χ3v) is 4.59. The third-order valence-electron chi connectivity index (χ3n) is 4.59. The monoisotopic (exact) mass is 327 g/mol. The van der Waals surface area contributed by atoms with Crippen molar-refractivity contribution in [1.82, 2.24) is 29.9 Å². The number of aliphatic hydroxyl groups is 1. The lowest BCUT2D eigenvalue weighted by atomic mass is 10.1. The van der Waals surface area contributed by atoms with Gasteiger partial charge in [-0.15, -0.1) is 5.10 Å². The van der Waals surface area contributed by atoms with Crippen LogP contribution in [0, 0.1) is 0 Å². The molecule has 126 valence electrons. The molecule has 24 heavy (non-hydrogen) atoms. The number of aryl methyl sites for hydroxylation is 1. The van der Waals surface area contributed by atoms with E-state index in [1.165, 1.54) is 5.56 Å². The Labute approximate surface area is 139 Å². The molecular formula is C16H21N7O. The molecule has 2 N–H and O–H groups in total. The Morgan fingerprint density at radius 3 is 2.79 bits per heavy atom. The average Bonchev–Trinajstić information content (AvgIpc) is 3.12. The van der Waals surface area contributed by atoms with Crippen LogP contribution in [0.5, 0.6) is 0 Å². The number of rotatable bonds is 4. The summed E-state index contributed by atoms with van der Waals surface area (Å²) in [6, 6.07) is 0.239. The fourth-order valence-electron chi connectivity index (χ4n) is 3.06. The van der Waals surface area contributed by atoms with Gasteiger partial charge in [0.05, 0.1) is 17.6 Å². The van der Waals surface area contributed by atoms with E-state index in [2.05, 4.69) is 37.1 Å². The molecular weight excluding hydrogens is 306 g/mol. The molecule has 0 atom stereocenters. The summed E-state index contributed by atoms with van der Waals surface area (Å²) in [5.74, 6) is 0.970. The molecule has 8 nitrogen and oxygen atoms in total. The van der Waals surface area contributed by atoms with Crippen LogP contribution in [0.4, 0.5) is 5.82 Å². The van der Waals surface area contributed by atoms with Crippen LogP contribution in [-0.2, 0) is 12.0 Å². The van der Waals surface area contributed by atoms with Gasteiger partial charge in [0.25, 0.3) is 0 Å². The highest BCUT2D eigenvalue weighted by atomic mass is 16.3. The van der Waals surface area contributed by atoms with E-state index in [0.29, 0.717) is 5.69 Å². The van der Waals surface area contributed by atoms with Crippen LogP contribution in [0.25, 0.3) is 11.0 Å². The van der Waals surface area contributed by atoms with Crippen molar-refractivity contribution in [2.75, 3.05) is 18.0 Å². The van der Waals surface area contributed by atoms with Gasteiger partial charge >= 0.3 is 0 Å². The van der Waals surface area contributed by atoms with Crippen molar-refractivity contribution in [3.8, 4) is 0 Å². The van der Waals surface area contributed by atoms with Gasteiger partial charge < -0.3 is 15.0 Å². The summed E-state index contributed by atoms with van der Waals surface area (Å²) in [7, 11) is 0. The highest BCUT2D eigenvalue weighted by Gasteiger charge is 2.33. The topological polar surface area (TPSA) is 95.8 Å². The van der Waals surface area contributed by atoms with Crippen molar-refractivity contribution in [2.45, 2.75) is 38.8 Å². The van der Waals surface area contributed by atoms with Crippen LogP contribution in [0.2, 0.25) is 0 Å². The molecule has 4 heterocycles. The van der Waals surface area contributed by atoms with Crippen LogP contribution in [0.15, 0.2) is 18.7 Å². The number of anilines is 1. The highest BCUT2D eigenvalue weighted by molar-refractivity contribution is 5.91. The summed E-state index contributed by atoms with van der Waals surface area (Å²) < 4.78 is 1.83. The van der Waals surface area contributed by atoms with Gasteiger partial charge in [-0.2, -0.15) is 0 Å². The number of aromatic nitrogens is 6. The first-order valence-corrected chi connectivity index (χ1v) is 8.18. The van der Waals surface area contributed by atoms with Gasteiger partial charge in [-0.25, -0.2) is 14.6 Å². The Kier molecular flexibility index (Phi) is 3.31. The van der Waals surface area contributed by atoms with Crippen molar-refractivity contribution >= 4 is 16.9 Å². The Hall–Kier alpha value is -2.48. The van der Waals surface area contributed by atoms with Crippen LogP contribution in [-0.4, -0.2) is 48.1 Å². The molecule has 8 heteroatoms. The second kappa shape index (κ2) is 5.27. The van der Waals surface area contributed by atoms with Crippen molar-refractivity contribution < 1.29 is 5.11 Å². The first-order valence-electron chi connectivity index (χ1n) is 8.18. The Balaban J connectivity index is 1.56. The summed E-state index contributed by atoms with van der Waals surface area (Å²) in [6.45, 7) is 7.19. The Morgan fingerprint density at radius 2 is 2.12 bits per heavy atom. The molecule has 0 aromatic carbocycles. The molecule has 0 bridgehead atoms. The minimum atomic E-state index is -0.971. The number of nitrogens with zero attached hydrogens (tertiary/aromatic N) is 6. The van der Waals surface area contributed by atoms with Gasteiger partial charge in [0.1, 0.15) is 29.1 Å². The quantitative estimate of drug-likeness (QED) is 0.752. The van der Waals surface area contributed by atoms with E-state index in [4.69, 9.17) is 0 Å². The predicted molar refractivity (Wildman–Crippen MR) is 89.8 cm³/mol. The van der Waals surface area contributed by atoms with Gasteiger partial charge in [-0.05, 0) is 25.8 Å². The van der Waals surface area contributed by atoms with E-state index in [1.807, 2.05) is 17.1 Å². The van der Waals surface area contributed by atoms with E-state index in [0.717, 1.165) is 36.4 Å². The standard InChI is InChI=1S/C16H21N7O/c1-4-10-5-17-14-13(10)15(19-9-18-14)22-6-11(7-22)23-8-12(20-21-23)16(2,3)24/h5,8-9,11,24H,4,6-7H2,1-3H3,(H,17,18,19). The van der Waals surface area contributed by atoms with Crippen molar-refractivity contribution in [2.24, 2.45) is 0 Å². The number of hydrogen-bond acceptors (Lipinski definition) is 6. The van der Waals surface area contributed by atoms with Gasteiger partial charge in [0.15, 0.2) is 0 Å². The summed E-state index contributed by atoms with van der Waals surface area (Å²) >= 11 is 0. The molecule has 0 spiro atoms. The Morgan fingerprint density at radius 1 is 1.33 bits per heavy atom. The lowest BCUT2D eigenvalue weighted by Gasteiger charge is -2.40. The maximum Gasteiger partial charge on any atom is 0.143 e. The molecule has 1 aliphatic heterocycles. The second-order valence-corrected chi connectivity index (χ2v) is 6.79. The van der Waals surface area contributed by atoms with Gasteiger partial charge in [0.2, 0.25) is 0 Å². The SMILES string of the molecule is CCc1c[nH]c2ncnc(N3CC(n4cc(C(C)(C)O)nn4)C3)c12. The lowest BCUT2D eigenvalue weighted by molar-refractivity contribution is 0.0737. The number of nitrogens with one attached hydrogen (secondary N) is 1. The van der Waals surface area contributed by atoms with E-state index in [9.17, 15) is 5.11 Å². The fraction of sp³-hybridized carbons (Fsp3) is 0.500. The van der Waals surface area contributed by atoms with E-state index >= 15 is 0 Å². The number of fused-ring (bicyclic) bond motifs is 1. The Bertz CT molecular complexity index is 870. The zero-order valence-corrected chi connectivity index (χ0v) is 14.1. The molecule has 0 amide bonds. The van der Waals surface area contributed by atoms with Gasteiger partial charge in [0, 0.05) is 19.3 Å². The summed E-state index contributed by atoms with van der Waals surface area (Å²) in [4.78, 5) is 14.2. The molecule has 0 unspecified atom stereocenters. The van der Waals surface area contributed by atoms with Crippen molar-refractivity contribution in [3.63, 3.8) is 0 Å². The number of hydrogen-bond donors (Lipinski definition) is 2. The molecule has 0 saturated carbocycles. The zero-order chi connectivity index (χ0) is 16.9. The first kappa shape index (κ1) is 15.1. The summed E-state index contributed by atoms with van der Waals surface area (Å²) in [5, 5.41) is 19.3. The zero-order valence-electron chi connectivity index (χ0n) is 14.1. The first-order chi connectivity index (χ1) is 11.5. The van der Waals surface area contributed by atoms with Crippen LogP contribution in [0.1, 0.15) is 38.1 Å². The van der Waals surface area contributed by atoms with Crippen LogP contribution in [0.3, 0.4) is 0 Å². The molecule has 1 aliphatic rings. The largest absolute Gasteiger partial charge is 0.384 e. The predicted octanol–water partition coefficient (Wildman–Crippen LogP) is 1.40. The molecule has 4 rings (SSSR count). The van der Waals surface area contributed by atoms with Gasteiger partial charge in [-0.3, -0.25) is 0 Å². The molecule has 3 aromatic rings. The van der Waals surface area contributed by atoms with Crippen molar-refractivity contribution in [1.29, 1.82) is 0 Å². The minimum Gasteiger partial charge on any atom is -0.384 e. The molecule has 3 aromatic heterocycles. The maximum absolute atomic E-state index is 10.0. The number of aromatic amines is 1. The molecule has 0 aliphatic carbocycles. The third kappa shape index (κ3) is 2.34. The van der Waals surface area contributed by atoms with E-state index < -0.39 is 5.60 Å². The highest BCUT2D eigenvalue weighted by Crippen LogP contribution is 2.33. The van der Waals surface area contributed by atoms with E-state index in [-0.39, 0.29) is 6.04 Å². The number of H-pyrrole nitrogens is 1. The smallest absolute Gasteiger partial charge is 0.143 e. The molecule has 1 fully saturated rings. The van der Waals surface area contributed by atoms with Crippen LogP contribution < -0.4 is 4.90 Å². The fourth-order valence-corrected chi connectivity index (χ4v) is 3.06. The minimum absolute atomic E-state index is 0.239. The normalized spacial score (nSPS) is 15.9. The summed E-state index contributed by atoms with van der Waals surface area (Å²) in [5.41, 5.74) is 1.73. The average molecular weight is 327 g/mol.